The lowest BCUT2D eigenvalue weighted by molar-refractivity contribution is 0.128. The van der Waals surface area contributed by atoms with Crippen molar-refractivity contribution in [1.82, 2.24) is 0 Å². The van der Waals surface area contributed by atoms with E-state index in [1.165, 1.54) is 0 Å². The molecule has 3 N–H and O–H groups in total. The maximum absolute atomic E-state index is 10.3. The number of methoxy groups -OCH3 is 1. The highest BCUT2D eigenvalue weighted by Gasteiger charge is 2.19. The van der Waals surface area contributed by atoms with Crippen molar-refractivity contribution in [2.24, 2.45) is 11.7 Å². The van der Waals surface area contributed by atoms with Crippen molar-refractivity contribution in [2.75, 3.05) is 7.11 Å². The van der Waals surface area contributed by atoms with Crippen molar-refractivity contribution in [2.45, 2.75) is 45.4 Å². The van der Waals surface area contributed by atoms with Crippen molar-refractivity contribution in [3.05, 3.63) is 59.7 Å². The predicted octanol–water partition coefficient (Wildman–Crippen LogP) is 4.49. The lowest BCUT2D eigenvalue weighted by Gasteiger charge is -2.21. The molecule has 26 heavy (non-hydrogen) atoms. The molecule has 2 rings (SSSR count). The van der Waals surface area contributed by atoms with Crippen LogP contribution in [0.5, 0.6) is 11.5 Å². The maximum atomic E-state index is 10.3. The van der Waals surface area contributed by atoms with Crippen molar-refractivity contribution in [3.8, 4) is 11.5 Å². The van der Waals surface area contributed by atoms with Crippen molar-refractivity contribution >= 4 is 12.4 Å². The number of benzene rings is 2. The largest absolute Gasteiger partial charge is 0.493 e. The number of aliphatic hydroxyl groups excluding tert-OH is 1. The summed E-state index contributed by atoms with van der Waals surface area (Å²) in [5, 5.41) is 10.3. The monoisotopic (exact) mass is 379 g/mol. The molecule has 0 aliphatic rings. The van der Waals surface area contributed by atoms with Gasteiger partial charge in [0.15, 0.2) is 11.5 Å². The van der Waals surface area contributed by atoms with Gasteiger partial charge in [0, 0.05) is 0 Å². The lowest BCUT2D eigenvalue weighted by Crippen LogP contribution is -2.26. The Kier molecular flexibility index (Phi) is 9.49. The highest BCUT2D eigenvalue weighted by Crippen LogP contribution is 2.32. The molecule has 0 aromatic heterocycles. The molecule has 2 atom stereocenters. The van der Waals surface area contributed by atoms with Crippen LogP contribution in [0.1, 0.15) is 43.9 Å². The minimum atomic E-state index is -0.566. The number of rotatable bonds is 9. The van der Waals surface area contributed by atoms with E-state index in [0.29, 0.717) is 30.4 Å². The van der Waals surface area contributed by atoms with Crippen molar-refractivity contribution < 1.29 is 14.6 Å². The summed E-state index contributed by atoms with van der Waals surface area (Å²) in [6.07, 6.45) is 1.07. The van der Waals surface area contributed by atoms with E-state index in [2.05, 4.69) is 13.8 Å². The molecule has 2 aromatic carbocycles. The van der Waals surface area contributed by atoms with Gasteiger partial charge in [-0.3, -0.25) is 0 Å². The van der Waals surface area contributed by atoms with Gasteiger partial charge in [0.25, 0.3) is 0 Å². The molecule has 0 aliphatic carbocycles. The van der Waals surface area contributed by atoms with Crippen LogP contribution in [0.4, 0.5) is 0 Å². The Morgan fingerprint density at radius 2 is 1.69 bits per heavy atom. The SMILES string of the molecule is COc1cc([C@@H](N)[C@@H](O)CCC(C)C)ccc1OCc1ccccc1.Cl. The molecular formula is C21H30ClNO3. The Hall–Kier alpha value is -1.75. The quantitative estimate of drug-likeness (QED) is 0.673. The molecule has 0 radical (unpaired) electrons. The topological polar surface area (TPSA) is 64.7 Å². The second-order valence-corrected chi connectivity index (χ2v) is 6.75. The lowest BCUT2D eigenvalue weighted by atomic mass is 9.96. The average molecular weight is 380 g/mol. The van der Waals surface area contributed by atoms with E-state index in [9.17, 15) is 5.11 Å². The molecule has 0 saturated carbocycles. The predicted molar refractivity (Wildman–Crippen MR) is 108 cm³/mol. The van der Waals surface area contributed by atoms with Crippen LogP contribution in [-0.2, 0) is 6.61 Å². The fourth-order valence-corrected chi connectivity index (χ4v) is 2.65. The summed E-state index contributed by atoms with van der Waals surface area (Å²) in [5.74, 6) is 1.84. The molecule has 0 heterocycles. The third-order valence-electron chi connectivity index (χ3n) is 4.26. The summed E-state index contributed by atoms with van der Waals surface area (Å²) in [5.41, 5.74) is 8.16. The Morgan fingerprint density at radius 1 is 1.00 bits per heavy atom. The van der Waals surface area contributed by atoms with Crippen LogP contribution in [-0.4, -0.2) is 18.3 Å². The van der Waals surface area contributed by atoms with Gasteiger partial charge in [-0.2, -0.15) is 0 Å². The first-order valence-corrected chi connectivity index (χ1v) is 8.79. The molecule has 0 amide bonds. The van der Waals surface area contributed by atoms with Gasteiger partial charge in [0.2, 0.25) is 0 Å². The van der Waals surface area contributed by atoms with Crippen LogP contribution in [0, 0.1) is 5.92 Å². The van der Waals surface area contributed by atoms with Crippen LogP contribution in [0.2, 0.25) is 0 Å². The average Bonchev–Trinajstić information content (AvgIpc) is 2.64. The van der Waals surface area contributed by atoms with Crippen LogP contribution >= 0.6 is 12.4 Å². The Morgan fingerprint density at radius 3 is 2.31 bits per heavy atom. The van der Waals surface area contributed by atoms with E-state index in [1.807, 2.05) is 48.5 Å². The number of hydrogen-bond acceptors (Lipinski definition) is 4. The van der Waals surface area contributed by atoms with E-state index in [4.69, 9.17) is 15.2 Å². The fraction of sp³-hybridized carbons (Fsp3) is 0.429. The maximum Gasteiger partial charge on any atom is 0.161 e. The van der Waals surface area contributed by atoms with Gasteiger partial charge in [-0.25, -0.2) is 0 Å². The number of halogens is 1. The zero-order chi connectivity index (χ0) is 18.2. The molecule has 0 aliphatic heterocycles. The highest BCUT2D eigenvalue weighted by atomic mass is 35.5. The number of ether oxygens (including phenoxy) is 2. The molecule has 2 aromatic rings. The summed E-state index contributed by atoms with van der Waals surface area (Å²) in [7, 11) is 1.61. The van der Waals surface area contributed by atoms with E-state index in [-0.39, 0.29) is 12.4 Å². The van der Waals surface area contributed by atoms with E-state index < -0.39 is 12.1 Å². The minimum absolute atomic E-state index is 0. The third-order valence-corrected chi connectivity index (χ3v) is 4.26. The summed E-state index contributed by atoms with van der Waals surface area (Å²) in [6.45, 7) is 4.75. The minimum Gasteiger partial charge on any atom is -0.493 e. The second kappa shape index (κ2) is 11.1. The van der Waals surface area contributed by atoms with Crippen molar-refractivity contribution in [3.63, 3.8) is 0 Å². The van der Waals surface area contributed by atoms with Gasteiger partial charge >= 0.3 is 0 Å². The summed E-state index contributed by atoms with van der Waals surface area (Å²) < 4.78 is 11.3. The highest BCUT2D eigenvalue weighted by molar-refractivity contribution is 5.85. The molecule has 5 heteroatoms. The molecule has 0 bridgehead atoms. The molecule has 144 valence electrons. The molecule has 4 nitrogen and oxygen atoms in total. The van der Waals surface area contributed by atoms with Gasteiger partial charge in [-0.1, -0.05) is 50.2 Å². The van der Waals surface area contributed by atoms with Crippen LogP contribution < -0.4 is 15.2 Å². The Labute approximate surface area is 162 Å². The molecule has 0 saturated heterocycles. The molecule has 0 fully saturated rings. The second-order valence-electron chi connectivity index (χ2n) is 6.75. The van der Waals surface area contributed by atoms with E-state index in [0.717, 1.165) is 17.5 Å². The van der Waals surface area contributed by atoms with Gasteiger partial charge in [-0.05, 0) is 42.0 Å². The third kappa shape index (κ3) is 6.52. The Bertz CT molecular complexity index is 649. The fourth-order valence-electron chi connectivity index (χ4n) is 2.65. The first-order chi connectivity index (χ1) is 12.0. The van der Waals surface area contributed by atoms with E-state index in [1.54, 1.807) is 7.11 Å². The zero-order valence-electron chi connectivity index (χ0n) is 15.7. The smallest absolute Gasteiger partial charge is 0.161 e. The van der Waals surface area contributed by atoms with E-state index >= 15 is 0 Å². The van der Waals surface area contributed by atoms with Gasteiger partial charge in [0.1, 0.15) is 6.61 Å². The standard InChI is InChI=1S/C21H29NO3.ClH/c1-15(2)9-11-18(23)21(22)17-10-12-19(20(13-17)24-3)25-14-16-7-5-4-6-8-16;/h4-8,10,12-13,15,18,21,23H,9,11,14,22H2,1-3H3;1H/t18-,21+;/m0./s1. The van der Waals surface area contributed by atoms with Crippen LogP contribution in [0.25, 0.3) is 0 Å². The number of hydrogen-bond donors (Lipinski definition) is 2. The number of nitrogens with two attached hydrogens (primary N) is 1. The summed E-state index contributed by atoms with van der Waals surface area (Å²) in [4.78, 5) is 0. The van der Waals surface area contributed by atoms with Crippen LogP contribution in [0.15, 0.2) is 48.5 Å². The molecular weight excluding hydrogens is 350 g/mol. The first-order valence-electron chi connectivity index (χ1n) is 8.79. The molecule has 0 spiro atoms. The number of aliphatic hydroxyl groups is 1. The van der Waals surface area contributed by atoms with Gasteiger partial charge in [-0.15, -0.1) is 12.4 Å². The zero-order valence-corrected chi connectivity index (χ0v) is 16.5. The first kappa shape index (κ1) is 22.3. The summed E-state index contributed by atoms with van der Waals surface area (Å²) in [6, 6.07) is 15.1. The molecule has 0 unspecified atom stereocenters. The summed E-state index contributed by atoms with van der Waals surface area (Å²) >= 11 is 0. The van der Waals surface area contributed by atoms with Crippen molar-refractivity contribution in [1.29, 1.82) is 0 Å². The normalized spacial score (nSPS) is 13.0. The van der Waals surface area contributed by atoms with Crippen LogP contribution in [0.3, 0.4) is 0 Å². The van der Waals surface area contributed by atoms with Gasteiger partial charge < -0.3 is 20.3 Å². The van der Waals surface area contributed by atoms with Gasteiger partial charge in [0.05, 0.1) is 19.3 Å². The Balaban J connectivity index is 0.00000338.